The van der Waals surface area contributed by atoms with E-state index in [0.717, 1.165) is 5.56 Å². The van der Waals surface area contributed by atoms with Gasteiger partial charge in [-0.2, -0.15) is 0 Å². The van der Waals surface area contributed by atoms with Crippen molar-refractivity contribution in [1.29, 1.82) is 0 Å². The monoisotopic (exact) mass is 315 g/mol. The molecule has 0 unspecified atom stereocenters. The predicted molar refractivity (Wildman–Crippen MR) is 84.2 cm³/mol. The number of fused-ring (bicyclic) bond motifs is 1. The van der Waals surface area contributed by atoms with Crippen LogP contribution in [0, 0.1) is 0 Å². The van der Waals surface area contributed by atoms with Crippen molar-refractivity contribution in [2.45, 2.75) is 13.0 Å². The molecule has 22 heavy (non-hydrogen) atoms. The number of hydrogen-bond donors (Lipinski definition) is 3. The van der Waals surface area contributed by atoms with Crippen LogP contribution in [0.1, 0.15) is 28.9 Å². The van der Waals surface area contributed by atoms with Gasteiger partial charge in [-0.25, -0.2) is 0 Å². The number of H-pyrrole nitrogens is 1. The number of nitrogens with one attached hydrogen (secondary N) is 2. The van der Waals surface area contributed by atoms with Gasteiger partial charge in [0.25, 0.3) is 11.5 Å². The van der Waals surface area contributed by atoms with Crippen molar-refractivity contribution in [2.24, 2.45) is 0 Å². The van der Waals surface area contributed by atoms with Crippen LogP contribution in [-0.2, 0) is 0 Å². The predicted octanol–water partition coefficient (Wildman–Crippen LogP) is 2.18. The minimum absolute atomic E-state index is 0.268. The lowest BCUT2D eigenvalue weighted by atomic mass is 10.1. The summed E-state index contributed by atoms with van der Waals surface area (Å²) < 4.78 is 0.487. The first-order chi connectivity index (χ1) is 10.6. The van der Waals surface area contributed by atoms with Crippen molar-refractivity contribution in [2.75, 3.05) is 0 Å². The van der Waals surface area contributed by atoms with Gasteiger partial charge in [-0.3, -0.25) is 14.6 Å². The summed E-state index contributed by atoms with van der Waals surface area (Å²) >= 11 is 1.26. The van der Waals surface area contributed by atoms with Crippen LogP contribution in [0.2, 0.25) is 0 Å². The topological polar surface area (TPSA) is 95.1 Å². The molecule has 0 fully saturated rings. The zero-order valence-corrected chi connectivity index (χ0v) is 12.5. The van der Waals surface area contributed by atoms with Crippen LogP contribution in [0.15, 0.2) is 40.8 Å². The van der Waals surface area contributed by atoms with Gasteiger partial charge in [0.1, 0.15) is 5.56 Å². The molecule has 1 amide bonds. The first kappa shape index (κ1) is 14.3. The highest BCUT2D eigenvalue weighted by molar-refractivity contribution is 7.17. The van der Waals surface area contributed by atoms with Gasteiger partial charge in [-0.15, -0.1) is 11.3 Å². The molecule has 3 heterocycles. The highest BCUT2D eigenvalue weighted by atomic mass is 32.1. The van der Waals surface area contributed by atoms with Gasteiger partial charge in [0.2, 0.25) is 0 Å². The second-order valence-electron chi connectivity index (χ2n) is 4.82. The number of thiophene rings is 1. The molecule has 0 aliphatic carbocycles. The number of aromatic nitrogens is 2. The minimum Gasteiger partial charge on any atom is -0.505 e. The van der Waals surface area contributed by atoms with E-state index < -0.39 is 11.5 Å². The molecule has 1 atom stereocenters. The third-order valence-corrected chi connectivity index (χ3v) is 4.29. The van der Waals surface area contributed by atoms with E-state index in [9.17, 15) is 14.7 Å². The lowest BCUT2D eigenvalue weighted by Crippen LogP contribution is -2.31. The molecule has 6 nitrogen and oxygen atoms in total. The number of carbonyl (C=O) groups excluding carboxylic acids is 1. The number of rotatable bonds is 3. The van der Waals surface area contributed by atoms with Crippen molar-refractivity contribution in [1.82, 2.24) is 15.3 Å². The molecule has 0 saturated carbocycles. The second-order valence-corrected chi connectivity index (χ2v) is 5.73. The molecule has 3 rings (SSSR count). The van der Waals surface area contributed by atoms with Gasteiger partial charge in [0.15, 0.2) is 5.75 Å². The van der Waals surface area contributed by atoms with Gasteiger partial charge in [0.05, 0.1) is 16.3 Å². The van der Waals surface area contributed by atoms with Crippen molar-refractivity contribution in [3.05, 3.63) is 57.5 Å². The van der Waals surface area contributed by atoms with E-state index in [1.165, 1.54) is 11.3 Å². The van der Waals surface area contributed by atoms with Crippen LogP contribution in [-0.4, -0.2) is 21.0 Å². The Hall–Kier alpha value is -2.67. The zero-order valence-electron chi connectivity index (χ0n) is 11.7. The summed E-state index contributed by atoms with van der Waals surface area (Å²) in [6.45, 7) is 1.79. The minimum atomic E-state index is -0.613. The van der Waals surface area contributed by atoms with Crippen molar-refractivity contribution < 1.29 is 9.90 Å². The van der Waals surface area contributed by atoms with Gasteiger partial charge in [0, 0.05) is 12.4 Å². The number of carbonyl (C=O) groups is 1. The first-order valence-electron chi connectivity index (χ1n) is 6.61. The number of aromatic hydroxyl groups is 1. The summed E-state index contributed by atoms with van der Waals surface area (Å²) in [5.74, 6) is -0.897. The Morgan fingerprint density at radius 1 is 1.36 bits per heavy atom. The van der Waals surface area contributed by atoms with Crippen LogP contribution in [0.5, 0.6) is 5.75 Å². The van der Waals surface area contributed by atoms with Crippen LogP contribution >= 0.6 is 11.3 Å². The SMILES string of the molecule is C[C@@H](NC(=O)c1c(O)c2sccc2[nH]c1=O)c1ccncc1. The molecule has 0 radical (unpaired) electrons. The summed E-state index contributed by atoms with van der Waals surface area (Å²) in [7, 11) is 0. The molecular formula is C15H13N3O3S. The summed E-state index contributed by atoms with van der Waals surface area (Å²) in [4.78, 5) is 30.9. The van der Waals surface area contributed by atoms with Crippen molar-refractivity contribution >= 4 is 27.5 Å². The number of nitrogens with zero attached hydrogens (tertiary/aromatic N) is 1. The van der Waals surface area contributed by atoms with E-state index in [2.05, 4.69) is 15.3 Å². The summed E-state index contributed by atoms with van der Waals surface area (Å²) in [6, 6.07) is 4.92. The lowest BCUT2D eigenvalue weighted by Gasteiger charge is -2.14. The maximum absolute atomic E-state index is 12.3. The van der Waals surface area contributed by atoms with E-state index in [1.807, 2.05) is 0 Å². The van der Waals surface area contributed by atoms with Gasteiger partial charge in [-0.1, -0.05) is 0 Å². The third-order valence-electron chi connectivity index (χ3n) is 3.37. The molecule has 0 aliphatic rings. The van der Waals surface area contributed by atoms with E-state index in [-0.39, 0.29) is 17.4 Å². The molecule has 112 valence electrons. The fourth-order valence-electron chi connectivity index (χ4n) is 2.21. The van der Waals surface area contributed by atoms with Gasteiger partial charge in [-0.05, 0) is 36.1 Å². The summed E-state index contributed by atoms with van der Waals surface area (Å²) in [6.07, 6.45) is 3.25. The molecule has 7 heteroatoms. The van der Waals surface area contributed by atoms with Crippen LogP contribution in [0.4, 0.5) is 0 Å². The maximum Gasteiger partial charge on any atom is 0.265 e. The van der Waals surface area contributed by atoms with Crippen LogP contribution in [0.3, 0.4) is 0 Å². The molecule has 0 bridgehead atoms. The molecule has 0 spiro atoms. The second kappa shape index (κ2) is 5.61. The molecule has 3 aromatic rings. The zero-order chi connectivity index (χ0) is 15.7. The van der Waals surface area contributed by atoms with E-state index in [4.69, 9.17) is 0 Å². The van der Waals surface area contributed by atoms with Crippen molar-refractivity contribution in [3.8, 4) is 5.75 Å². The van der Waals surface area contributed by atoms with Gasteiger partial charge >= 0.3 is 0 Å². The highest BCUT2D eigenvalue weighted by Gasteiger charge is 2.21. The Morgan fingerprint density at radius 2 is 2.09 bits per heavy atom. The quantitative estimate of drug-likeness (QED) is 0.690. The summed E-state index contributed by atoms with van der Waals surface area (Å²) in [5.41, 5.74) is 0.501. The number of amides is 1. The average Bonchev–Trinajstić information content (AvgIpc) is 2.96. The number of hydrogen-bond acceptors (Lipinski definition) is 5. The van der Waals surface area contributed by atoms with Crippen LogP contribution < -0.4 is 10.9 Å². The summed E-state index contributed by atoms with van der Waals surface area (Å²) in [5, 5.41) is 14.6. The van der Waals surface area contributed by atoms with E-state index in [1.54, 1.807) is 42.9 Å². The smallest absolute Gasteiger partial charge is 0.265 e. The van der Waals surface area contributed by atoms with E-state index >= 15 is 0 Å². The van der Waals surface area contributed by atoms with Crippen molar-refractivity contribution in [3.63, 3.8) is 0 Å². The molecule has 0 aliphatic heterocycles. The Kier molecular flexibility index (Phi) is 3.64. The fraction of sp³-hybridized carbons (Fsp3) is 0.133. The van der Waals surface area contributed by atoms with E-state index in [0.29, 0.717) is 10.2 Å². The molecular weight excluding hydrogens is 302 g/mol. The number of aromatic amines is 1. The number of pyridine rings is 2. The van der Waals surface area contributed by atoms with Crippen LogP contribution in [0.25, 0.3) is 10.2 Å². The Bertz CT molecular complexity index is 886. The Balaban J connectivity index is 1.94. The largest absolute Gasteiger partial charge is 0.505 e. The Morgan fingerprint density at radius 3 is 2.82 bits per heavy atom. The molecule has 3 N–H and O–H groups in total. The third kappa shape index (κ3) is 2.46. The lowest BCUT2D eigenvalue weighted by molar-refractivity contribution is 0.0936. The normalized spacial score (nSPS) is 12.2. The first-order valence-corrected chi connectivity index (χ1v) is 7.49. The highest BCUT2D eigenvalue weighted by Crippen LogP contribution is 2.29. The molecule has 0 aromatic carbocycles. The standard InChI is InChI=1S/C15H13N3O3S/c1-8(9-2-5-16-6-3-9)17-14(20)11-12(19)13-10(4-7-22-13)18-15(11)21/h2-8H,1H3,(H,17,20)(H2,18,19,21)/t8-/m1/s1. The fourth-order valence-corrected chi connectivity index (χ4v) is 3.01. The average molecular weight is 315 g/mol. The molecule has 3 aromatic heterocycles. The molecule has 0 saturated heterocycles. The maximum atomic E-state index is 12.3. The Labute approximate surface area is 129 Å². The van der Waals surface area contributed by atoms with Gasteiger partial charge < -0.3 is 15.4 Å².